The average Bonchev–Trinajstić information content (AvgIpc) is 3.52. The highest BCUT2D eigenvalue weighted by molar-refractivity contribution is 8.02. The highest BCUT2D eigenvalue weighted by Gasteiger charge is 2.22. The van der Waals surface area contributed by atoms with Crippen molar-refractivity contribution in [2.45, 2.75) is 6.92 Å². The smallest absolute Gasteiger partial charge is 0.249 e. The fourth-order valence-corrected chi connectivity index (χ4v) is 6.07. The van der Waals surface area contributed by atoms with Gasteiger partial charge >= 0.3 is 0 Å². The van der Waals surface area contributed by atoms with Crippen LogP contribution < -0.4 is 15.5 Å². The summed E-state index contributed by atoms with van der Waals surface area (Å²) in [5, 5.41) is 4.27. The molecule has 3 aromatic carbocycles. The normalized spacial score (nSPS) is 16.6. The van der Waals surface area contributed by atoms with E-state index in [4.69, 9.17) is 5.73 Å². The maximum absolute atomic E-state index is 12.6. The van der Waals surface area contributed by atoms with E-state index in [1.54, 1.807) is 11.8 Å². The number of nitrogens with zero attached hydrogens (tertiary/aromatic N) is 3. The lowest BCUT2D eigenvalue weighted by molar-refractivity contribution is 0.100. The second kappa shape index (κ2) is 8.66. The van der Waals surface area contributed by atoms with Crippen LogP contribution in [0.25, 0.3) is 32.9 Å². The van der Waals surface area contributed by atoms with Gasteiger partial charge < -0.3 is 25.4 Å². The summed E-state index contributed by atoms with van der Waals surface area (Å²) in [6.45, 7) is 6.31. The number of anilines is 2. The summed E-state index contributed by atoms with van der Waals surface area (Å²) in [6.07, 6.45) is 2.11. The van der Waals surface area contributed by atoms with E-state index in [1.807, 2.05) is 12.1 Å². The van der Waals surface area contributed by atoms with E-state index in [9.17, 15) is 4.79 Å². The lowest BCUT2D eigenvalue weighted by atomic mass is 9.90. The Labute approximate surface area is 209 Å². The van der Waals surface area contributed by atoms with Crippen LogP contribution in [0.3, 0.4) is 0 Å². The number of benzene rings is 3. The SMILES string of the molecule is Cc1c(-c2c(C(N)=O)ccc3[nH]c4cc(N5CCN(C)CC5)ccc4c23)cccc1N1C=CSC1. The molecule has 1 aromatic heterocycles. The number of carbonyl (C=O) groups excluding carboxylic acids is 1. The van der Waals surface area contributed by atoms with Crippen molar-refractivity contribution in [3.8, 4) is 11.1 Å². The van der Waals surface area contributed by atoms with Gasteiger partial charge in [-0.25, -0.2) is 0 Å². The molecule has 178 valence electrons. The molecule has 7 heteroatoms. The fraction of sp³-hybridized carbons (Fsp3) is 0.250. The number of likely N-dealkylation sites (N-methyl/N-ethyl adjacent to an activating group) is 1. The number of hydrogen-bond donors (Lipinski definition) is 2. The van der Waals surface area contributed by atoms with E-state index in [2.05, 4.69) is 81.7 Å². The molecule has 0 radical (unpaired) electrons. The van der Waals surface area contributed by atoms with Gasteiger partial charge in [-0.3, -0.25) is 4.79 Å². The monoisotopic (exact) mass is 483 g/mol. The van der Waals surface area contributed by atoms with Gasteiger partial charge in [0, 0.05) is 76.7 Å². The molecule has 0 atom stereocenters. The van der Waals surface area contributed by atoms with E-state index < -0.39 is 5.91 Å². The van der Waals surface area contributed by atoms with Crippen LogP contribution >= 0.6 is 11.8 Å². The van der Waals surface area contributed by atoms with Crippen LogP contribution in [0.2, 0.25) is 0 Å². The second-order valence-corrected chi connectivity index (χ2v) is 10.3. The fourth-order valence-electron chi connectivity index (χ4n) is 5.37. The molecule has 1 saturated heterocycles. The molecule has 3 heterocycles. The number of thioether (sulfide) groups is 1. The first-order valence-electron chi connectivity index (χ1n) is 12.0. The Hall–Kier alpha value is -3.42. The number of nitrogens with one attached hydrogen (secondary N) is 1. The number of carbonyl (C=O) groups is 1. The van der Waals surface area contributed by atoms with Crippen molar-refractivity contribution in [1.82, 2.24) is 9.88 Å². The summed E-state index contributed by atoms with van der Waals surface area (Å²) in [7, 11) is 2.17. The van der Waals surface area contributed by atoms with Gasteiger partial charge in [-0.1, -0.05) is 18.2 Å². The van der Waals surface area contributed by atoms with Crippen molar-refractivity contribution >= 4 is 50.8 Å². The number of piperazine rings is 1. The first-order chi connectivity index (χ1) is 17.0. The Bertz CT molecular complexity index is 1480. The predicted octanol–water partition coefficient (Wildman–Crippen LogP) is 5.13. The van der Waals surface area contributed by atoms with Crippen molar-refractivity contribution < 1.29 is 4.79 Å². The van der Waals surface area contributed by atoms with Crippen LogP contribution in [0, 0.1) is 6.92 Å². The molecular formula is C28H29N5OS. The van der Waals surface area contributed by atoms with E-state index >= 15 is 0 Å². The molecule has 2 aliphatic heterocycles. The van der Waals surface area contributed by atoms with Crippen LogP contribution in [0.15, 0.2) is 60.1 Å². The third-order valence-corrected chi connectivity index (χ3v) is 8.06. The van der Waals surface area contributed by atoms with Crippen molar-refractivity contribution in [2.24, 2.45) is 5.73 Å². The topological polar surface area (TPSA) is 68.6 Å². The van der Waals surface area contributed by atoms with Gasteiger partial charge in [0.05, 0.1) is 5.88 Å². The summed E-state index contributed by atoms with van der Waals surface area (Å²) in [4.78, 5) is 23.3. The first-order valence-corrected chi connectivity index (χ1v) is 13.0. The highest BCUT2D eigenvalue weighted by Crippen LogP contribution is 2.42. The molecule has 35 heavy (non-hydrogen) atoms. The zero-order valence-electron chi connectivity index (χ0n) is 20.0. The minimum Gasteiger partial charge on any atom is -0.369 e. The van der Waals surface area contributed by atoms with Gasteiger partial charge in [-0.2, -0.15) is 0 Å². The molecule has 1 amide bonds. The van der Waals surface area contributed by atoms with E-state index in [-0.39, 0.29) is 0 Å². The van der Waals surface area contributed by atoms with Crippen LogP contribution in [-0.2, 0) is 0 Å². The highest BCUT2D eigenvalue weighted by atomic mass is 32.2. The number of hydrogen-bond acceptors (Lipinski definition) is 5. The number of rotatable bonds is 4. The Morgan fingerprint density at radius 2 is 1.86 bits per heavy atom. The van der Waals surface area contributed by atoms with Gasteiger partial charge in [0.25, 0.3) is 0 Å². The zero-order chi connectivity index (χ0) is 24.1. The average molecular weight is 484 g/mol. The molecule has 0 saturated carbocycles. The Kier molecular flexibility index (Phi) is 5.46. The molecule has 4 aromatic rings. The van der Waals surface area contributed by atoms with E-state index in [0.717, 1.165) is 76.2 Å². The van der Waals surface area contributed by atoms with Gasteiger partial charge in [-0.15, -0.1) is 11.8 Å². The summed E-state index contributed by atoms with van der Waals surface area (Å²) >= 11 is 1.77. The number of H-pyrrole nitrogens is 1. The summed E-state index contributed by atoms with van der Waals surface area (Å²) in [5.74, 6) is 0.478. The Balaban J connectivity index is 1.55. The maximum atomic E-state index is 12.6. The Morgan fingerprint density at radius 1 is 1.03 bits per heavy atom. The van der Waals surface area contributed by atoms with Crippen LogP contribution in [0.4, 0.5) is 11.4 Å². The Morgan fingerprint density at radius 3 is 2.60 bits per heavy atom. The largest absolute Gasteiger partial charge is 0.369 e. The molecule has 2 aliphatic rings. The maximum Gasteiger partial charge on any atom is 0.249 e. The molecule has 0 bridgehead atoms. The second-order valence-electron chi connectivity index (χ2n) is 9.42. The zero-order valence-corrected chi connectivity index (χ0v) is 20.9. The lowest BCUT2D eigenvalue weighted by Crippen LogP contribution is -2.44. The first kappa shape index (κ1) is 22.1. The molecular weight excluding hydrogens is 454 g/mol. The minimum absolute atomic E-state index is 0.410. The quantitative estimate of drug-likeness (QED) is 0.421. The third kappa shape index (κ3) is 3.75. The number of amides is 1. The number of aromatic amines is 1. The van der Waals surface area contributed by atoms with Crippen molar-refractivity contribution in [2.75, 3.05) is 48.9 Å². The summed E-state index contributed by atoms with van der Waals surface area (Å²) < 4.78 is 0. The van der Waals surface area contributed by atoms with Crippen LogP contribution in [0.5, 0.6) is 0 Å². The molecule has 0 unspecified atom stereocenters. The summed E-state index contributed by atoms with van der Waals surface area (Å²) in [5.41, 5.74) is 14.0. The van der Waals surface area contributed by atoms with Crippen molar-refractivity contribution in [3.05, 3.63) is 71.3 Å². The third-order valence-electron chi connectivity index (χ3n) is 7.32. The number of fused-ring (bicyclic) bond motifs is 3. The van der Waals surface area contributed by atoms with E-state index in [1.165, 1.54) is 5.69 Å². The number of nitrogens with two attached hydrogens (primary N) is 1. The minimum atomic E-state index is -0.410. The standard InChI is InChI=1S/C28H29N5OS/c1-18-20(4-3-5-25(18)33-14-15-35-17-33)26-22(28(29)34)8-9-23-27(26)21-7-6-19(16-24(21)30-23)32-12-10-31(2)11-13-32/h3-9,14-16,30H,10-13,17H2,1-2H3,(H2,29,34). The van der Waals surface area contributed by atoms with Gasteiger partial charge in [0.1, 0.15) is 0 Å². The number of primary amides is 1. The molecule has 0 spiro atoms. The van der Waals surface area contributed by atoms with Crippen molar-refractivity contribution in [3.63, 3.8) is 0 Å². The van der Waals surface area contributed by atoms with E-state index in [0.29, 0.717) is 5.56 Å². The molecule has 1 fully saturated rings. The summed E-state index contributed by atoms with van der Waals surface area (Å²) in [6, 6.07) is 16.8. The molecule has 3 N–H and O–H groups in total. The van der Waals surface area contributed by atoms with Gasteiger partial charge in [-0.05, 0) is 60.8 Å². The number of aromatic nitrogens is 1. The molecule has 6 rings (SSSR count). The lowest BCUT2D eigenvalue weighted by Gasteiger charge is -2.34. The van der Waals surface area contributed by atoms with Gasteiger partial charge in [0.15, 0.2) is 0 Å². The van der Waals surface area contributed by atoms with Crippen molar-refractivity contribution in [1.29, 1.82) is 0 Å². The molecule has 6 nitrogen and oxygen atoms in total. The molecule has 0 aliphatic carbocycles. The van der Waals surface area contributed by atoms with Gasteiger partial charge in [0.2, 0.25) is 5.91 Å². The predicted molar refractivity (Wildman–Crippen MR) is 148 cm³/mol. The van der Waals surface area contributed by atoms with Crippen LogP contribution in [0.1, 0.15) is 15.9 Å². The van der Waals surface area contributed by atoms with Crippen LogP contribution in [-0.4, -0.2) is 54.9 Å².